The predicted molar refractivity (Wildman–Crippen MR) is 113 cm³/mol. The minimum absolute atomic E-state index is 0.0615. The maximum Gasteiger partial charge on any atom is 0.261 e. The molecule has 0 aliphatic rings. The summed E-state index contributed by atoms with van der Waals surface area (Å²) in [4.78, 5) is 16.8. The molecule has 0 bridgehead atoms. The number of nitrogens with one attached hydrogen (secondary N) is 2. The van der Waals surface area contributed by atoms with Gasteiger partial charge in [0.1, 0.15) is 0 Å². The van der Waals surface area contributed by atoms with Gasteiger partial charge in [-0.1, -0.05) is 36.5 Å². The summed E-state index contributed by atoms with van der Waals surface area (Å²) in [6.07, 6.45) is 2.63. The number of benzene rings is 2. The highest BCUT2D eigenvalue weighted by Crippen LogP contribution is 2.35. The Kier molecular flexibility index (Phi) is 5.74. The molecule has 2 aromatic carbocycles. The van der Waals surface area contributed by atoms with Crippen LogP contribution in [0.25, 0.3) is 10.9 Å². The van der Waals surface area contributed by atoms with E-state index in [2.05, 4.69) is 21.9 Å². The lowest BCUT2D eigenvalue weighted by Gasteiger charge is -2.15. The molecule has 0 radical (unpaired) electrons. The number of hydrogen-bond donors (Lipinski definition) is 2. The van der Waals surface area contributed by atoms with Crippen molar-refractivity contribution in [3.63, 3.8) is 0 Å². The van der Waals surface area contributed by atoms with Gasteiger partial charge in [0, 0.05) is 18.5 Å². The van der Waals surface area contributed by atoms with E-state index in [0.717, 1.165) is 34.8 Å². The largest absolute Gasteiger partial charge is 0.354 e. The zero-order valence-electron chi connectivity index (χ0n) is 15.0. The van der Waals surface area contributed by atoms with E-state index >= 15 is 0 Å². The summed E-state index contributed by atoms with van der Waals surface area (Å²) in [6, 6.07) is 9.58. The lowest BCUT2D eigenvalue weighted by atomic mass is 10.1. The summed E-state index contributed by atoms with van der Waals surface area (Å²) in [6.45, 7) is 4.05. The molecule has 1 aromatic heterocycles. The highest BCUT2D eigenvalue weighted by Gasteiger charge is 2.12. The fourth-order valence-corrected chi connectivity index (χ4v) is 3.58. The van der Waals surface area contributed by atoms with Gasteiger partial charge in [0.25, 0.3) is 5.56 Å². The highest BCUT2D eigenvalue weighted by atomic mass is 35.5. The smallest absolute Gasteiger partial charge is 0.261 e. The number of rotatable bonds is 6. The van der Waals surface area contributed by atoms with Crippen molar-refractivity contribution in [2.75, 3.05) is 15.8 Å². The second-order valence-electron chi connectivity index (χ2n) is 6.04. The molecular weight excluding hydrogens is 368 g/mol. The Morgan fingerprint density at radius 2 is 1.96 bits per heavy atom. The van der Waals surface area contributed by atoms with Gasteiger partial charge in [-0.05, 0) is 43.2 Å². The number of fused-ring (bicyclic) bond motifs is 1. The quantitative estimate of drug-likeness (QED) is 0.454. The fraction of sp³-hybridized carbons (Fsp3) is 0.263. The highest BCUT2D eigenvalue weighted by molar-refractivity contribution is 8.00. The Bertz CT molecular complexity index is 1000. The first kappa shape index (κ1) is 18.6. The van der Waals surface area contributed by atoms with Gasteiger partial charge in [-0.25, -0.2) is 4.98 Å². The summed E-state index contributed by atoms with van der Waals surface area (Å²) in [5.74, 6) is 1.01. The van der Waals surface area contributed by atoms with E-state index < -0.39 is 0 Å². The normalized spacial score (nSPS) is 10.9. The summed E-state index contributed by atoms with van der Waals surface area (Å²) in [7, 11) is 1.70. The molecule has 0 atom stereocenters. The van der Waals surface area contributed by atoms with Crippen LogP contribution < -0.4 is 15.6 Å². The third-order valence-corrected chi connectivity index (χ3v) is 5.49. The molecule has 0 aliphatic heterocycles. The summed E-state index contributed by atoms with van der Waals surface area (Å²) in [5.41, 5.74) is 3.97. The summed E-state index contributed by atoms with van der Waals surface area (Å²) in [5, 5.41) is 4.59. The standard InChI is InChI=1S/C19H21ClN4OS/c1-4-10-26-23-16-7-5-6-15(18(16)20)22-13-8-9-14-17(12(13)2)19(25)24(3)11-21-14/h5-9,11,22-23H,4,10H2,1-3H3. The summed E-state index contributed by atoms with van der Waals surface area (Å²) >= 11 is 8.18. The van der Waals surface area contributed by atoms with E-state index in [4.69, 9.17) is 11.6 Å². The van der Waals surface area contributed by atoms with E-state index in [0.29, 0.717) is 15.9 Å². The van der Waals surface area contributed by atoms with Crippen LogP contribution in [-0.4, -0.2) is 15.3 Å². The van der Waals surface area contributed by atoms with E-state index in [-0.39, 0.29) is 5.56 Å². The Morgan fingerprint density at radius 3 is 2.73 bits per heavy atom. The molecule has 5 nitrogen and oxygen atoms in total. The van der Waals surface area contributed by atoms with Crippen molar-refractivity contribution in [3.8, 4) is 0 Å². The molecule has 0 saturated heterocycles. The maximum atomic E-state index is 12.5. The molecule has 3 rings (SSSR count). The van der Waals surface area contributed by atoms with Crippen LogP contribution in [0.15, 0.2) is 41.5 Å². The van der Waals surface area contributed by atoms with Crippen LogP contribution in [0.4, 0.5) is 17.1 Å². The molecule has 0 unspecified atom stereocenters. The van der Waals surface area contributed by atoms with E-state index in [1.807, 2.05) is 37.3 Å². The third kappa shape index (κ3) is 3.66. The van der Waals surface area contributed by atoms with Gasteiger partial charge in [-0.3, -0.25) is 4.79 Å². The third-order valence-electron chi connectivity index (χ3n) is 4.10. The number of aryl methyl sites for hydroxylation is 2. The van der Waals surface area contributed by atoms with E-state index in [1.165, 1.54) is 10.9 Å². The Balaban J connectivity index is 1.97. The van der Waals surface area contributed by atoms with Crippen molar-refractivity contribution in [1.82, 2.24) is 9.55 Å². The number of nitrogens with zero attached hydrogens (tertiary/aromatic N) is 2. The van der Waals surface area contributed by atoms with Gasteiger partial charge < -0.3 is 14.6 Å². The lowest BCUT2D eigenvalue weighted by molar-refractivity contribution is 0.842. The van der Waals surface area contributed by atoms with Crippen molar-refractivity contribution >= 4 is 51.5 Å². The Morgan fingerprint density at radius 1 is 1.19 bits per heavy atom. The van der Waals surface area contributed by atoms with Crippen LogP contribution in [-0.2, 0) is 7.05 Å². The molecule has 2 N–H and O–H groups in total. The number of halogens is 1. The molecule has 0 spiro atoms. The predicted octanol–water partition coefficient (Wildman–Crippen LogP) is 5.11. The van der Waals surface area contributed by atoms with Crippen LogP contribution in [0.2, 0.25) is 5.02 Å². The molecule has 0 saturated carbocycles. The second-order valence-corrected chi connectivity index (χ2v) is 7.31. The topological polar surface area (TPSA) is 59.0 Å². The summed E-state index contributed by atoms with van der Waals surface area (Å²) < 4.78 is 4.77. The van der Waals surface area contributed by atoms with E-state index in [9.17, 15) is 4.79 Å². The minimum atomic E-state index is -0.0615. The van der Waals surface area contributed by atoms with Crippen molar-refractivity contribution in [1.29, 1.82) is 0 Å². The van der Waals surface area contributed by atoms with Crippen LogP contribution in [0, 0.1) is 6.92 Å². The van der Waals surface area contributed by atoms with Gasteiger partial charge in [0.15, 0.2) is 0 Å². The van der Waals surface area contributed by atoms with Crippen LogP contribution in [0.3, 0.4) is 0 Å². The van der Waals surface area contributed by atoms with Gasteiger partial charge >= 0.3 is 0 Å². The van der Waals surface area contributed by atoms with Crippen molar-refractivity contribution in [2.24, 2.45) is 7.05 Å². The molecule has 0 fully saturated rings. The second kappa shape index (κ2) is 8.01. The van der Waals surface area contributed by atoms with Crippen LogP contribution in [0.1, 0.15) is 18.9 Å². The number of aromatic nitrogens is 2. The zero-order valence-corrected chi connectivity index (χ0v) is 16.5. The zero-order chi connectivity index (χ0) is 18.7. The molecule has 26 heavy (non-hydrogen) atoms. The number of hydrogen-bond acceptors (Lipinski definition) is 5. The van der Waals surface area contributed by atoms with Gasteiger partial charge in [0.05, 0.1) is 33.6 Å². The Labute approximate surface area is 161 Å². The van der Waals surface area contributed by atoms with Gasteiger partial charge in [-0.15, -0.1) is 0 Å². The van der Waals surface area contributed by atoms with Crippen molar-refractivity contribution in [2.45, 2.75) is 20.3 Å². The van der Waals surface area contributed by atoms with Gasteiger partial charge in [-0.2, -0.15) is 0 Å². The molecule has 3 aromatic rings. The molecule has 0 amide bonds. The van der Waals surface area contributed by atoms with Gasteiger partial charge in [0.2, 0.25) is 0 Å². The fourth-order valence-electron chi connectivity index (χ4n) is 2.67. The van der Waals surface area contributed by atoms with Crippen molar-refractivity contribution < 1.29 is 0 Å². The molecular formula is C19H21ClN4OS. The maximum absolute atomic E-state index is 12.5. The first-order chi connectivity index (χ1) is 12.5. The SMILES string of the molecule is CCCSNc1cccc(Nc2ccc3ncn(C)c(=O)c3c2C)c1Cl. The molecule has 0 aliphatic carbocycles. The van der Waals surface area contributed by atoms with Crippen LogP contribution in [0.5, 0.6) is 0 Å². The molecule has 136 valence electrons. The minimum Gasteiger partial charge on any atom is -0.354 e. The first-order valence-corrected chi connectivity index (χ1v) is 9.77. The van der Waals surface area contributed by atoms with Crippen LogP contribution >= 0.6 is 23.5 Å². The Hall–Kier alpha value is -2.18. The monoisotopic (exact) mass is 388 g/mol. The first-order valence-electron chi connectivity index (χ1n) is 8.41. The van der Waals surface area contributed by atoms with Crippen molar-refractivity contribution in [3.05, 3.63) is 57.6 Å². The molecule has 1 heterocycles. The average molecular weight is 389 g/mol. The lowest BCUT2D eigenvalue weighted by Crippen LogP contribution is -2.18. The molecule has 7 heteroatoms. The number of anilines is 3. The van der Waals surface area contributed by atoms with E-state index in [1.54, 1.807) is 19.0 Å². The average Bonchev–Trinajstić information content (AvgIpc) is 2.63.